The topological polar surface area (TPSA) is 86.1 Å². The molecule has 0 aliphatic carbocycles. The third kappa shape index (κ3) is 2.41. The highest BCUT2D eigenvalue weighted by Gasteiger charge is 2.13. The second kappa shape index (κ2) is 5.25. The minimum Gasteiger partial charge on any atom is -0.478 e. The first-order valence-electron chi connectivity index (χ1n) is 5.62. The van der Waals surface area contributed by atoms with Crippen molar-refractivity contribution in [2.75, 3.05) is 0 Å². The molecular formula is C14H11N3O2. The van der Waals surface area contributed by atoms with Gasteiger partial charge in [-0.25, -0.2) is 4.79 Å². The molecule has 0 bridgehead atoms. The van der Waals surface area contributed by atoms with Gasteiger partial charge in [-0.2, -0.15) is 0 Å². The average molecular weight is 253 g/mol. The number of azide groups is 1. The van der Waals surface area contributed by atoms with Gasteiger partial charge >= 0.3 is 5.97 Å². The van der Waals surface area contributed by atoms with Crippen molar-refractivity contribution in [2.24, 2.45) is 5.11 Å². The minimum atomic E-state index is -0.982. The summed E-state index contributed by atoms with van der Waals surface area (Å²) in [5, 5.41) is 12.8. The maximum Gasteiger partial charge on any atom is 0.336 e. The summed E-state index contributed by atoms with van der Waals surface area (Å²) in [6.45, 7) is 1.80. The molecule has 1 N–H and O–H groups in total. The molecule has 5 nitrogen and oxygen atoms in total. The Hall–Kier alpha value is -2.78. The van der Waals surface area contributed by atoms with E-state index in [9.17, 15) is 9.90 Å². The molecule has 0 aromatic heterocycles. The van der Waals surface area contributed by atoms with Crippen LogP contribution in [0.4, 0.5) is 5.69 Å². The van der Waals surface area contributed by atoms with Crippen LogP contribution in [0, 0.1) is 6.92 Å². The number of carbonyl (C=O) groups is 1. The van der Waals surface area contributed by atoms with Crippen LogP contribution in [0.15, 0.2) is 47.6 Å². The van der Waals surface area contributed by atoms with Gasteiger partial charge < -0.3 is 5.11 Å². The third-order valence-corrected chi connectivity index (χ3v) is 2.91. The van der Waals surface area contributed by atoms with Crippen LogP contribution in [-0.2, 0) is 0 Å². The molecule has 2 aromatic carbocycles. The zero-order valence-electron chi connectivity index (χ0n) is 10.2. The molecule has 0 atom stereocenters. The van der Waals surface area contributed by atoms with Gasteiger partial charge in [0.15, 0.2) is 0 Å². The van der Waals surface area contributed by atoms with Crippen molar-refractivity contribution >= 4 is 11.7 Å². The van der Waals surface area contributed by atoms with E-state index in [2.05, 4.69) is 10.0 Å². The highest BCUT2D eigenvalue weighted by molar-refractivity contribution is 5.96. The fraction of sp³-hybridized carbons (Fsp3) is 0.0714. The zero-order chi connectivity index (χ0) is 13.8. The van der Waals surface area contributed by atoms with Crippen LogP contribution in [0.1, 0.15) is 15.9 Å². The molecule has 5 heteroatoms. The lowest BCUT2D eigenvalue weighted by atomic mass is 9.95. The van der Waals surface area contributed by atoms with Crippen molar-refractivity contribution in [1.29, 1.82) is 0 Å². The van der Waals surface area contributed by atoms with Gasteiger partial charge in [0.25, 0.3) is 0 Å². The Balaban J connectivity index is 2.69. The predicted molar refractivity (Wildman–Crippen MR) is 72.4 cm³/mol. The third-order valence-electron chi connectivity index (χ3n) is 2.91. The normalized spacial score (nSPS) is 9.74. The van der Waals surface area contributed by atoms with Crippen LogP contribution in [0.25, 0.3) is 21.6 Å². The van der Waals surface area contributed by atoms with Crippen molar-refractivity contribution < 1.29 is 9.90 Å². The summed E-state index contributed by atoms with van der Waals surface area (Å²) in [7, 11) is 0. The Morgan fingerprint density at radius 1 is 1.16 bits per heavy atom. The van der Waals surface area contributed by atoms with Gasteiger partial charge in [0.2, 0.25) is 0 Å². The molecule has 0 spiro atoms. The minimum absolute atomic E-state index is 0.226. The predicted octanol–water partition coefficient (Wildman–Crippen LogP) is 4.30. The van der Waals surface area contributed by atoms with E-state index in [1.54, 1.807) is 43.3 Å². The zero-order valence-corrected chi connectivity index (χ0v) is 10.2. The summed E-state index contributed by atoms with van der Waals surface area (Å²) in [6, 6.07) is 12.0. The molecule has 94 valence electrons. The van der Waals surface area contributed by atoms with Crippen LogP contribution in [0.3, 0.4) is 0 Å². The highest BCUT2D eigenvalue weighted by Crippen LogP contribution is 2.32. The highest BCUT2D eigenvalue weighted by atomic mass is 16.4. The monoisotopic (exact) mass is 253 g/mol. The van der Waals surface area contributed by atoms with Crippen molar-refractivity contribution in [3.8, 4) is 11.1 Å². The van der Waals surface area contributed by atoms with Crippen LogP contribution in [0.2, 0.25) is 0 Å². The maximum absolute atomic E-state index is 11.2. The number of carboxylic acid groups (broad SMARTS) is 1. The number of benzene rings is 2. The molecule has 0 unspecified atom stereocenters. The summed E-state index contributed by atoms with van der Waals surface area (Å²) in [5.41, 5.74) is 11.4. The SMILES string of the molecule is Cc1c(N=[N+]=[N-])cccc1-c1ccccc1C(=O)O. The number of carboxylic acids is 1. The molecule has 2 rings (SSSR count). The van der Waals surface area contributed by atoms with Gasteiger partial charge in [0, 0.05) is 10.6 Å². The fourth-order valence-corrected chi connectivity index (χ4v) is 1.98. The average Bonchev–Trinajstić information content (AvgIpc) is 2.41. The molecule has 0 radical (unpaired) electrons. The Kier molecular flexibility index (Phi) is 3.50. The van der Waals surface area contributed by atoms with Crippen molar-refractivity contribution in [3.05, 3.63) is 64.0 Å². The standard InChI is InChI=1S/C14H11N3O2/c1-9-10(7-4-8-13(9)16-17-15)11-5-2-3-6-12(11)14(18)19/h2-8H,1H3,(H,18,19). The first-order chi connectivity index (χ1) is 9.15. The Morgan fingerprint density at radius 3 is 2.53 bits per heavy atom. The lowest BCUT2D eigenvalue weighted by Gasteiger charge is -2.10. The first kappa shape index (κ1) is 12.7. The molecule has 0 saturated heterocycles. The fourth-order valence-electron chi connectivity index (χ4n) is 1.98. The van der Waals surface area contributed by atoms with E-state index >= 15 is 0 Å². The van der Waals surface area contributed by atoms with Crippen LogP contribution >= 0.6 is 0 Å². The Bertz CT molecular complexity index is 689. The molecule has 2 aromatic rings. The quantitative estimate of drug-likeness (QED) is 0.502. The van der Waals surface area contributed by atoms with Gasteiger partial charge in [0.1, 0.15) is 0 Å². The van der Waals surface area contributed by atoms with Crippen LogP contribution in [0.5, 0.6) is 0 Å². The second-order valence-corrected chi connectivity index (χ2v) is 3.99. The molecule has 0 saturated carbocycles. The molecule has 0 heterocycles. The summed E-state index contributed by atoms with van der Waals surface area (Å²) >= 11 is 0. The maximum atomic E-state index is 11.2. The number of hydrogen-bond donors (Lipinski definition) is 1. The molecule has 0 amide bonds. The largest absolute Gasteiger partial charge is 0.478 e. The van der Waals surface area contributed by atoms with E-state index in [0.29, 0.717) is 11.3 Å². The summed E-state index contributed by atoms with van der Waals surface area (Å²) in [6.07, 6.45) is 0. The van der Waals surface area contributed by atoms with E-state index in [-0.39, 0.29) is 5.56 Å². The van der Waals surface area contributed by atoms with Gasteiger partial charge in [-0.1, -0.05) is 41.5 Å². The van der Waals surface area contributed by atoms with Gasteiger partial charge in [-0.3, -0.25) is 0 Å². The summed E-state index contributed by atoms with van der Waals surface area (Å²) in [5.74, 6) is -0.982. The van der Waals surface area contributed by atoms with Gasteiger partial charge in [-0.15, -0.1) is 0 Å². The number of aromatic carboxylic acids is 1. The smallest absolute Gasteiger partial charge is 0.336 e. The van der Waals surface area contributed by atoms with E-state index < -0.39 is 5.97 Å². The van der Waals surface area contributed by atoms with E-state index in [1.165, 1.54) is 0 Å². The molecule has 0 aliphatic heterocycles. The second-order valence-electron chi connectivity index (χ2n) is 3.99. The molecule has 19 heavy (non-hydrogen) atoms. The van der Waals surface area contributed by atoms with E-state index in [4.69, 9.17) is 5.53 Å². The van der Waals surface area contributed by atoms with Crippen LogP contribution < -0.4 is 0 Å². The van der Waals surface area contributed by atoms with Crippen LogP contribution in [-0.4, -0.2) is 11.1 Å². The first-order valence-corrected chi connectivity index (χ1v) is 5.62. The number of hydrogen-bond acceptors (Lipinski definition) is 2. The number of rotatable bonds is 3. The van der Waals surface area contributed by atoms with E-state index in [0.717, 1.165) is 11.1 Å². The lowest BCUT2D eigenvalue weighted by molar-refractivity contribution is 0.0697. The van der Waals surface area contributed by atoms with Crippen molar-refractivity contribution in [2.45, 2.75) is 6.92 Å². The Labute approximate surface area is 109 Å². The molecule has 0 fully saturated rings. The van der Waals surface area contributed by atoms with Crippen molar-refractivity contribution in [3.63, 3.8) is 0 Å². The summed E-state index contributed by atoms with van der Waals surface area (Å²) < 4.78 is 0. The van der Waals surface area contributed by atoms with Gasteiger partial charge in [0.05, 0.1) is 5.56 Å². The number of nitrogens with zero attached hydrogens (tertiary/aromatic N) is 3. The molecular weight excluding hydrogens is 242 g/mol. The summed E-state index contributed by atoms with van der Waals surface area (Å²) in [4.78, 5) is 14.0. The van der Waals surface area contributed by atoms with Gasteiger partial charge in [-0.05, 0) is 35.2 Å². The van der Waals surface area contributed by atoms with Crippen molar-refractivity contribution in [1.82, 2.24) is 0 Å². The Morgan fingerprint density at radius 2 is 1.84 bits per heavy atom. The lowest BCUT2D eigenvalue weighted by Crippen LogP contribution is -1.99. The van der Waals surface area contributed by atoms with E-state index in [1.807, 2.05) is 6.07 Å². The molecule has 0 aliphatic rings.